The highest BCUT2D eigenvalue weighted by atomic mass is 32.1. The third-order valence-corrected chi connectivity index (χ3v) is 4.43. The van der Waals surface area contributed by atoms with Crippen molar-refractivity contribution in [3.05, 3.63) is 34.7 Å². The highest BCUT2D eigenvalue weighted by Gasteiger charge is 2.21. The number of rotatable bonds is 4. The molecule has 1 saturated heterocycles. The van der Waals surface area contributed by atoms with E-state index in [4.69, 9.17) is 9.15 Å². The summed E-state index contributed by atoms with van der Waals surface area (Å²) in [5.74, 6) is 1.11. The van der Waals surface area contributed by atoms with Crippen LogP contribution < -0.4 is 5.32 Å². The number of carbonyl (C=O) groups excluding carboxylic acids is 1. The van der Waals surface area contributed by atoms with Gasteiger partial charge >= 0.3 is 0 Å². The van der Waals surface area contributed by atoms with Crippen LogP contribution >= 0.6 is 11.3 Å². The van der Waals surface area contributed by atoms with Gasteiger partial charge in [-0.3, -0.25) is 4.79 Å². The first-order valence-corrected chi connectivity index (χ1v) is 7.67. The first-order valence-electron chi connectivity index (χ1n) is 6.79. The van der Waals surface area contributed by atoms with Crippen LogP contribution in [-0.2, 0) is 16.1 Å². The van der Waals surface area contributed by atoms with E-state index in [9.17, 15) is 4.79 Å². The van der Waals surface area contributed by atoms with Crippen molar-refractivity contribution in [2.24, 2.45) is 5.92 Å². The molecule has 1 aliphatic rings. The Hall–Kier alpha value is -1.59. The van der Waals surface area contributed by atoms with Gasteiger partial charge in [0.2, 0.25) is 5.91 Å². The maximum atomic E-state index is 12.0. The van der Waals surface area contributed by atoms with E-state index in [1.54, 1.807) is 17.6 Å². The standard InChI is InChI=1S/C15H17NO3S/c17-15(11-3-6-18-7-4-11)16-9-13-8-12(10-20-13)14-2-1-5-19-14/h1-2,5,8,10-11H,3-4,6-7,9H2,(H,16,17). The minimum atomic E-state index is 0.105. The van der Waals surface area contributed by atoms with E-state index < -0.39 is 0 Å². The molecular formula is C15H17NO3S. The molecule has 0 atom stereocenters. The lowest BCUT2D eigenvalue weighted by molar-refractivity contribution is -0.128. The molecular weight excluding hydrogens is 274 g/mol. The Balaban J connectivity index is 1.54. The SMILES string of the molecule is O=C(NCc1cc(-c2ccco2)cs1)C1CCOCC1. The number of ether oxygens (including phenoxy) is 1. The molecule has 0 unspecified atom stereocenters. The minimum absolute atomic E-state index is 0.105. The molecule has 5 heteroatoms. The summed E-state index contributed by atoms with van der Waals surface area (Å²) in [7, 11) is 0. The smallest absolute Gasteiger partial charge is 0.223 e. The summed E-state index contributed by atoms with van der Waals surface area (Å²) in [6, 6.07) is 5.87. The third-order valence-electron chi connectivity index (χ3n) is 3.49. The molecule has 0 saturated carbocycles. The molecule has 1 N–H and O–H groups in total. The number of carbonyl (C=O) groups is 1. The number of nitrogens with one attached hydrogen (secondary N) is 1. The number of amides is 1. The predicted molar refractivity (Wildman–Crippen MR) is 77.4 cm³/mol. The number of hydrogen-bond donors (Lipinski definition) is 1. The second-order valence-corrected chi connectivity index (χ2v) is 5.88. The van der Waals surface area contributed by atoms with Gasteiger partial charge in [0.25, 0.3) is 0 Å². The van der Waals surface area contributed by atoms with Gasteiger partial charge in [0.05, 0.1) is 12.8 Å². The Morgan fingerprint density at radius 2 is 2.25 bits per heavy atom. The molecule has 1 aliphatic heterocycles. The summed E-state index contributed by atoms with van der Waals surface area (Å²) >= 11 is 1.64. The van der Waals surface area contributed by atoms with Gasteiger partial charge in [-0.1, -0.05) is 0 Å². The Morgan fingerprint density at radius 3 is 3.00 bits per heavy atom. The molecule has 2 aromatic rings. The molecule has 0 aromatic carbocycles. The largest absolute Gasteiger partial charge is 0.464 e. The molecule has 0 bridgehead atoms. The van der Waals surface area contributed by atoms with Gasteiger partial charge in [0.15, 0.2) is 0 Å². The molecule has 1 fully saturated rings. The lowest BCUT2D eigenvalue weighted by atomic mass is 9.99. The molecule has 106 valence electrons. The van der Waals surface area contributed by atoms with Crippen LogP contribution in [0.1, 0.15) is 17.7 Å². The van der Waals surface area contributed by atoms with Gasteiger partial charge in [-0.25, -0.2) is 0 Å². The van der Waals surface area contributed by atoms with E-state index in [2.05, 4.69) is 16.8 Å². The predicted octanol–water partition coefficient (Wildman–Crippen LogP) is 3.05. The van der Waals surface area contributed by atoms with Crippen molar-refractivity contribution in [1.29, 1.82) is 0 Å². The highest BCUT2D eigenvalue weighted by molar-refractivity contribution is 7.10. The summed E-state index contributed by atoms with van der Waals surface area (Å²) in [6.45, 7) is 1.97. The molecule has 0 spiro atoms. The lowest BCUT2D eigenvalue weighted by Crippen LogP contribution is -2.33. The van der Waals surface area contributed by atoms with Crippen molar-refractivity contribution in [3.63, 3.8) is 0 Å². The zero-order chi connectivity index (χ0) is 13.8. The Morgan fingerprint density at radius 1 is 1.40 bits per heavy atom. The van der Waals surface area contributed by atoms with Crippen molar-refractivity contribution in [1.82, 2.24) is 5.32 Å². The van der Waals surface area contributed by atoms with Crippen LogP contribution in [0.3, 0.4) is 0 Å². The van der Waals surface area contributed by atoms with E-state index in [0.29, 0.717) is 19.8 Å². The second-order valence-electron chi connectivity index (χ2n) is 4.88. The van der Waals surface area contributed by atoms with E-state index in [-0.39, 0.29) is 11.8 Å². The second kappa shape index (κ2) is 6.24. The van der Waals surface area contributed by atoms with Crippen molar-refractivity contribution in [2.75, 3.05) is 13.2 Å². The Kier molecular flexibility index (Phi) is 4.18. The third kappa shape index (κ3) is 3.11. The van der Waals surface area contributed by atoms with E-state index >= 15 is 0 Å². The number of hydrogen-bond acceptors (Lipinski definition) is 4. The Bertz CT molecular complexity index is 555. The molecule has 4 nitrogen and oxygen atoms in total. The highest BCUT2D eigenvalue weighted by Crippen LogP contribution is 2.26. The minimum Gasteiger partial charge on any atom is -0.464 e. The fourth-order valence-corrected chi connectivity index (χ4v) is 3.14. The van der Waals surface area contributed by atoms with Crippen LogP contribution in [0.25, 0.3) is 11.3 Å². The molecule has 0 radical (unpaired) electrons. The van der Waals surface area contributed by atoms with E-state index in [1.807, 2.05) is 12.1 Å². The average Bonchev–Trinajstić information content (AvgIpc) is 3.16. The lowest BCUT2D eigenvalue weighted by Gasteiger charge is -2.20. The molecule has 2 aromatic heterocycles. The zero-order valence-corrected chi connectivity index (χ0v) is 11.9. The first-order chi connectivity index (χ1) is 9.83. The summed E-state index contributed by atoms with van der Waals surface area (Å²) in [5, 5.41) is 5.06. The van der Waals surface area contributed by atoms with Crippen LogP contribution in [0, 0.1) is 5.92 Å². The topological polar surface area (TPSA) is 51.5 Å². The van der Waals surface area contributed by atoms with Crippen LogP contribution in [-0.4, -0.2) is 19.1 Å². The number of furan rings is 1. The van der Waals surface area contributed by atoms with Crippen LogP contribution in [0.5, 0.6) is 0 Å². The van der Waals surface area contributed by atoms with Crippen molar-refractivity contribution >= 4 is 17.2 Å². The van der Waals surface area contributed by atoms with Crippen LogP contribution in [0.15, 0.2) is 34.3 Å². The summed E-state index contributed by atoms with van der Waals surface area (Å²) in [5.41, 5.74) is 1.07. The van der Waals surface area contributed by atoms with Gasteiger partial charge in [0.1, 0.15) is 5.76 Å². The van der Waals surface area contributed by atoms with E-state index in [1.165, 1.54) is 0 Å². The zero-order valence-electron chi connectivity index (χ0n) is 11.1. The summed E-state index contributed by atoms with van der Waals surface area (Å²) < 4.78 is 10.6. The van der Waals surface area contributed by atoms with Gasteiger partial charge < -0.3 is 14.5 Å². The maximum absolute atomic E-state index is 12.0. The summed E-state index contributed by atoms with van der Waals surface area (Å²) in [6.07, 6.45) is 3.32. The van der Waals surface area contributed by atoms with Gasteiger partial charge in [-0.2, -0.15) is 0 Å². The first kappa shape index (κ1) is 13.4. The van der Waals surface area contributed by atoms with Gasteiger partial charge in [-0.15, -0.1) is 11.3 Å². The quantitative estimate of drug-likeness (QED) is 0.942. The van der Waals surface area contributed by atoms with Crippen LogP contribution in [0.2, 0.25) is 0 Å². The molecule has 1 amide bonds. The molecule has 3 rings (SSSR count). The Labute approximate surface area is 121 Å². The fourth-order valence-electron chi connectivity index (χ4n) is 2.32. The van der Waals surface area contributed by atoms with Crippen molar-refractivity contribution in [3.8, 4) is 11.3 Å². The van der Waals surface area contributed by atoms with Crippen molar-refractivity contribution < 1.29 is 13.9 Å². The maximum Gasteiger partial charge on any atom is 0.223 e. The number of thiophene rings is 1. The molecule has 20 heavy (non-hydrogen) atoms. The van der Waals surface area contributed by atoms with Gasteiger partial charge in [-0.05, 0) is 31.0 Å². The van der Waals surface area contributed by atoms with Gasteiger partial charge in [0, 0.05) is 35.0 Å². The fraction of sp³-hybridized carbons (Fsp3) is 0.400. The van der Waals surface area contributed by atoms with Crippen LogP contribution in [0.4, 0.5) is 0 Å². The average molecular weight is 291 g/mol. The van der Waals surface area contributed by atoms with Crippen molar-refractivity contribution in [2.45, 2.75) is 19.4 Å². The normalized spacial score (nSPS) is 16.2. The van der Waals surface area contributed by atoms with E-state index in [0.717, 1.165) is 29.0 Å². The molecule has 3 heterocycles. The summed E-state index contributed by atoms with van der Waals surface area (Å²) in [4.78, 5) is 13.2. The monoisotopic (exact) mass is 291 g/mol. The molecule has 0 aliphatic carbocycles.